The van der Waals surface area contributed by atoms with Gasteiger partial charge in [-0.2, -0.15) is 0 Å². The maximum atomic E-state index is 5.37. The van der Waals surface area contributed by atoms with Gasteiger partial charge in [0.15, 0.2) is 5.96 Å². The number of anilines is 1. The predicted molar refractivity (Wildman–Crippen MR) is 129 cm³/mol. The molecular weight excluding hydrogens is 400 g/mol. The van der Waals surface area contributed by atoms with Crippen LogP contribution in [-0.4, -0.2) is 60.7 Å². The molecule has 168 valence electrons. The van der Waals surface area contributed by atoms with Gasteiger partial charge < -0.3 is 24.4 Å². The van der Waals surface area contributed by atoms with Crippen LogP contribution < -0.4 is 15.0 Å². The van der Waals surface area contributed by atoms with Crippen LogP contribution in [0.1, 0.15) is 17.0 Å². The lowest BCUT2D eigenvalue weighted by atomic mass is 10.1. The Bertz CT molecular complexity index is 1050. The molecule has 0 radical (unpaired) electrons. The zero-order valence-electron chi connectivity index (χ0n) is 19.2. The first-order chi connectivity index (χ1) is 15.7. The van der Waals surface area contributed by atoms with E-state index in [-0.39, 0.29) is 0 Å². The molecule has 0 bridgehead atoms. The number of hydrogen-bond acceptors (Lipinski definition) is 4. The van der Waals surface area contributed by atoms with Crippen LogP contribution in [0.2, 0.25) is 0 Å². The van der Waals surface area contributed by atoms with E-state index in [1.54, 1.807) is 7.11 Å². The summed E-state index contributed by atoms with van der Waals surface area (Å²) in [5.74, 6) is 2.88. The standard InChI is InChI=1S/C25H32N6O/c1-20-27-10-11-31(20)19-22-7-4-6-21(16-22)18-28-25(26-2)30-14-12-29(13-15-30)23-8-5-9-24(17-23)32-3/h4-11,16-17H,12-15,18-19H2,1-3H3,(H,26,28). The molecule has 7 nitrogen and oxygen atoms in total. The fraction of sp³-hybridized carbons (Fsp3) is 0.360. The summed E-state index contributed by atoms with van der Waals surface area (Å²) in [5.41, 5.74) is 3.72. The molecule has 0 spiro atoms. The number of imidazole rings is 1. The number of nitrogens with zero attached hydrogens (tertiary/aromatic N) is 5. The summed E-state index contributed by atoms with van der Waals surface area (Å²) in [4.78, 5) is 13.6. The van der Waals surface area contributed by atoms with Crippen molar-refractivity contribution in [1.29, 1.82) is 0 Å². The molecule has 2 aromatic carbocycles. The van der Waals surface area contributed by atoms with Crippen LogP contribution in [0, 0.1) is 6.92 Å². The SMILES string of the molecule is CN=C(NCc1cccc(Cn2ccnc2C)c1)N1CCN(c2cccc(OC)c2)CC1. The minimum absolute atomic E-state index is 0.750. The molecule has 2 heterocycles. The molecule has 0 saturated carbocycles. The Balaban J connectivity index is 1.32. The zero-order chi connectivity index (χ0) is 22.3. The van der Waals surface area contributed by atoms with Crippen LogP contribution in [-0.2, 0) is 13.1 Å². The largest absolute Gasteiger partial charge is 0.497 e. The third kappa shape index (κ3) is 5.22. The first kappa shape index (κ1) is 21.7. The van der Waals surface area contributed by atoms with E-state index in [9.17, 15) is 0 Å². The second-order valence-electron chi connectivity index (χ2n) is 8.00. The van der Waals surface area contributed by atoms with Gasteiger partial charge in [0, 0.05) is 70.5 Å². The minimum atomic E-state index is 0.750. The highest BCUT2D eigenvalue weighted by Gasteiger charge is 2.20. The lowest BCUT2D eigenvalue weighted by Gasteiger charge is -2.37. The summed E-state index contributed by atoms with van der Waals surface area (Å²) in [6, 6.07) is 17.0. The molecule has 0 unspecified atom stereocenters. The lowest BCUT2D eigenvalue weighted by molar-refractivity contribution is 0.372. The fourth-order valence-electron chi connectivity index (χ4n) is 4.10. The minimum Gasteiger partial charge on any atom is -0.497 e. The van der Waals surface area contributed by atoms with Crippen molar-refractivity contribution in [2.45, 2.75) is 20.0 Å². The second-order valence-corrected chi connectivity index (χ2v) is 8.00. The molecule has 1 aliphatic rings. The third-order valence-corrected chi connectivity index (χ3v) is 5.93. The van der Waals surface area contributed by atoms with Gasteiger partial charge >= 0.3 is 0 Å². The van der Waals surface area contributed by atoms with Crippen LogP contribution in [0.4, 0.5) is 5.69 Å². The predicted octanol–water partition coefficient (Wildman–Crippen LogP) is 3.15. The van der Waals surface area contributed by atoms with E-state index >= 15 is 0 Å². The summed E-state index contributed by atoms with van der Waals surface area (Å²) in [6.45, 7) is 7.37. The molecule has 1 N–H and O–H groups in total. The third-order valence-electron chi connectivity index (χ3n) is 5.93. The number of rotatable bonds is 6. The average molecular weight is 433 g/mol. The van der Waals surface area contributed by atoms with Crippen LogP contribution in [0.3, 0.4) is 0 Å². The first-order valence-electron chi connectivity index (χ1n) is 11.1. The maximum absolute atomic E-state index is 5.37. The van der Waals surface area contributed by atoms with Crippen LogP contribution >= 0.6 is 0 Å². The monoisotopic (exact) mass is 432 g/mol. The van der Waals surface area contributed by atoms with Gasteiger partial charge in [0.25, 0.3) is 0 Å². The number of ether oxygens (including phenoxy) is 1. The molecule has 1 saturated heterocycles. The second kappa shape index (κ2) is 10.2. The van der Waals surface area contributed by atoms with Gasteiger partial charge in [0.1, 0.15) is 11.6 Å². The average Bonchev–Trinajstić information content (AvgIpc) is 3.24. The van der Waals surface area contributed by atoms with E-state index in [1.165, 1.54) is 16.8 Å². The molecule has 0 aliphatic carbocycles. The van der Waals surface area contributed by atoms with Gasteiger partial charge in [-0.1, -0.05) is 30.3 Å². The van der Waals surface area contributed by atoms with Gasteiger partial charge in [-0.15, -0.1) is 0 Å². The Kier molecular flexibility index (Phi) is 6.94. The van der Waals surface area contributed by atoms with Crippen molar-refractivity contribution in [2.24, 2.45) is 4.99 Å². The summed E-state index contributed by atoms with van der Waals surface area (Å²) < 4.78 is 7.53. The Labute approximate surface area is 190 Å². The number of benzene rings is 2. The Morgan fingerprint density at radius 3 is 2.56 bits per heavy atom. The van der Waals surface area contributed by atoms with Crippen LogP contribution in [0.25, 0.3) is 0 Å². The van der Waals surface area contributed by atoms with Gasteiger partial charge in [0.05, 0.1) is 7.11 Å². The normalized spacial score (nSPS) is 14.5. The van der Waals surface area contributed by atoms with Crippen molar-refractivity contribution in [3.8, 4) is 5.75 Å². The summed E-state index contributed by atoms with van der Waals surface area (Å²) >= 11 is 0. The number of methoxy groups -OCH3 is 1. The van der Waals surface area contributed by atoms with Gasteiger partial charge in [-0.3, -0.25) is 4.99 Å². The van der Waals surface area contributed by atoms with Crippen molar-refractivity contribution in [1.82, 2.24) is 19.8 Å². The van der Waals surface area contributed by atoms with Crippen molar-refractivity contribution in [3.05, 3.63) is 77.9 Å². The number of aliphatic imine (C=N–C) groups is 1. The summed E-state index contributed by atoms with van der Waals surface area (Å²) in [5, 5.41) is 3.54. The van der Waals surface area contributed by atoms with Crippen LogP contribution in [0.5, 0.6) is 5.75 Å². The number of hydrogen-bond donors (Lipinski definition) is 1. The Hall–Kier alpha value is -3.48. The van der Waals surface area contributed by atoms with Crippen molar-refractivity contribution < 1.29 is 4.74 Å². The van der Waals surface area contributed by atoms with Gasteiger partial charge in [0.2, 0.25) is 0 Å². The van der Waals surface area contributed by atoms with Crippen LogP contribution in [0.15, 0.2) is 65.9 Å². The number of piperazine rings is 1. The van der Waals surface area contributed by atoms with E-state index in [0.29, 0.717) is 0 Å². The van der Waals surface area contributed by atoms with Crippen molar-refractivity contribution in [3.63, 3.8) is 0 Å². The highest BCUT2D eigenvalue weighted by atomic mass is 16.5. The number of guanidine groups is 1. The van der Waals surface area contributed by atoms with E-state index in [2.05, 4.69) is 66.1 Å². The maximum Gasteiger partial charge on any atom is 0.194 e. The van der Waals surface area contributed by atoms with Gasteiger partial charge in [-0.25, -0.2) is 4.98 Å². The van der Waals surface area contributed by atoms with Crippen molar-refractivity contribution in [2.75, 3.05) is 45.2 Å². The molecule has 0 amide bonds. The zero-order valence-corrected chi connectivity index (χ0v) is 19.2. The molecule has 7 heteroatoms. The fourth-order valence-corrected chi connectivity index (χ4v) is 4.10. The first-order valence-corrected chi connectivity index (χ1v) is 11.1. The molecule has 1 aromatic heterocycles. The molecular formula is C25H32N6O. The smallest absolute Gasteiger partial charge is 0.194 e. The molecule has 0 atom stereocenters. The Morgan fingerprint density at radius 1 is 1.06 bits per heavy atom. The Morgan fingerprint density at radius 2 is 1.84 bits per heavy atom. The molecule has 3 aromatic rings. The van der Waals surface area contributed by atoms with E-state index in [0.717, 1.165) is 56.8 Å². The highest BCUT2D eigenvalue weighted by Crippen LogP contribution is 2.22. The summed E-state index contributed by atoms with van der Waals surface area (Å²) in [6.07, 6.45) is 3.87. The lowest BCUT2D eigenvalue weighted by Crippen LogP contribution is -2.52. The topological polar surface area (TPSA) is 57.9 Å². The number of aromatic nitrogens is 2. The summed E-state index contributed by atoms with van der Waals surface area (Å²) in [7, 11) is 3.57. The van der Waals surface area contributed by atoms with Gasteiger partial charge in [-0.05, 0) is 30.2 Å². The number of aryl methyl sites for hydroxylation is 1. The van der Waals surface area contributed by atoms with Crippen molar-refractivity contribution >= 4 is 11.6 Å². The molecule has 4 rings (SSSR count). The number of nitrogens with one attached hydrogen (secondary N) is 1. The highest BCUT2D eigenvalue weighted by molar-refractivity contribution is 5.80. The van der Waals surface area contributed by atoms with E-state index in [4.69, 9.17) is 4.74 Å². The van der Waals surface area contributed by atoms with E-state index < -0.39 is 0 Å². The molecule has 1 fully saturated rings. The quantitative estimate of drug-likeness (QED) is 0.479. The molecule has 1 aliphatic heterocycles. The van der Waals surface area contributed by atoms with E-state index in [1.807, 2.05) is 38.5 Å². The molecule has 32 heavy (non-hydrogen) atoms.